The van der Waals surface area contributed by atoms with Gasteiger partial charge < -0.3 is 5.73 Å². The highest BCUT2D eigenvalue weighted by atomic mass is 16.1. The van der Waals surface area contributed by atoms with Gasteiger partial charge in [0.15, 0.2) is 0 Å². The maximum absolute atomic E-state index is 10.9. The minimum absolute atomic E-state index is 0.413. The molecule has 2 rings (SSSR count). The van der Waals surface area contributed by atoms with Crippen molar-refractivity contribution in [3.05, 3.63) is 53.7 Å². The van der Waals surface area contributed by atoms with E-state index in [4.69, 9.17) is 5.73 Å². The van der Waals surface area contributed by atoms with Crippen LogP contribution in [0.1, 0.15) is 16.1 Å². The van der Waals surface area contributed by atoms with Gasteiger partial charge in [0.05, 0.1) is 5.69 Å². The third-order valence-corrected chi connectivity index (χ3v) is 2.35. The zero-order chi connectivity index (χ0) is 11.5. The number of amides is 1. The maximum Gasteiger partial charge on any atom is 0.248 e. The number of aromatic nitrogens is 1. The zero-order valence-corrected chi connectivity index (χ0v) is 8.97. The Morgan fingerprint density at radius 3 is 2.38 bits per heavy atom. The molecule has 0 saturated carbocycles. The Morgan fingerprint density at radius 2 is 1.81 bits per heavy atom. The molecule has 0 saturated heterocycles. The van der Waals surface area contributed by atoms with Crippen LogP contribution in [0, 0.1) is 6.92 Å². The minimum atomic E-state index is -0.413. The number of carbonyl (C=O) groups excluding carboxylic acids is 1. The molecule has 0 spiro atoms. The van der Waals surface area contributed by atoms with Gasteiger partial charge in [-0.2, -0.15) is 0 Å². The van der Waals surface area contributed by atoms with Crippen molar-refractivity contribution in [1.82, 2.24) is 4.98 Å². The SMILES string of the molecule is Cc1cccc(-c2ccc(C(N)=O)cc2)n1. The molecule has 0 fully saturated rings. The molecule has 0 aliphatic carbocycles. The number of aryl methyl sites for hydroxylation is 1. The standard InChI is InChI=1S/C13H12N2O/c1-9-3-2-4-12(15-9)10-5-7-11(8-6-10)13(14)16/h2-8H,1H3,(H2,14,16). The summed E-state index contributed by atoms with van der Waals surface area (Å²) >= 11 is 0. The summed E-state index contributed by atoms with van der Waals surface area (Å²) in [4.78, 5) is 15.3. The summed E-state index contributed by atoms with van der Waals surface area (Å²) in [5.41, 5.74) is 8.53. The van der Waals surface area contributed by atoms with Crippen molar-refractivity contribution in [1.29, 1.82) is 0 Å². The fourth-order valence-corrected chi connectivity index (χ4v) is 1.51. The monoisotopic (exact) mass is 212 g/mol. The first-order valence-corrected chi connectivity index (χ1v) is 5.01. The first kappa shape index (κ1) is 10.4. The second kappa shape index (κ2) is 4.14. The van der Waals surface area contributed by atoms with Gasteiger partial charge in [0.1, 0.15) is 0 Å². The van der Waals surface area contributed by atoms with Crippen molar-refractivity contribution in [2.45, 2.75) is 6.92 Å². The maximum atomic E-state index is 10.9. The molecule has 0 bridgehead atoms. The van der Waals surface area contributed by atoms with E-state index in [2.05, 4.69) is 4.98 Å². The van der Waals surface area contributed by atoms with E-state index in [9.17, 15) is 4.79 Å². The van der Waals surface area contributed by atoms with Crippen LogP contribution >= 0.6 is 0 Å². The van der Waals surface area contributed by atoms with Crippen LogP contribution in [0.15, 0.2) is 42.5 Å². The molecule has 0 aliphatic rings. The van der Waals surface area contributed by atoms with Crippen molar-refractivity contribution >= 4 is 5.91 Å². The third-order valence-electron chi connectivity index (χ3n) is 2.35. The summed E-state index contributed by atoms with van der Waals surface area (Å²) in [6.07, 6.45) is 0. The van der Waals surface area contributed by atoms with Crippen LogP contribution in [0.4, 0.5) is 0 Å². The Morgan fingerprint density at radius 1 is 1.12 bits per heavy atom. The van der Waals surface area contributed by atoms with Gasteiger partial charge in [-0.1, -0.05) is 18.2 Å². The van der Waals surface area contributed by atoms with Crippen LogP contribution in [0.3, 0.4) is 0 Å². The third kappa shape index (κ3) is 2.08. The number of hydrogen-bond donors (Lipinski definition) is 1. The number of benzene rings is 1. The van der Waals surface area contributed by atoms with E-state index < -0.39 is 5.91 Å². The smallest absolute Gasteiger partial charge is 0.248 e. The van der Waals surface area contributed by atoms with E-state index in [1.54, 1.807) is 12.1 Å². The van der Waals surface area contributed by atoms with Gasteiger partial charge in [0.25, 0.3) is 0 Å². The number of nitrogens with two attached hydrogens (primary N) is 1. The summed E-state index contributed by atoms with van der Waals surface area (Å²) in [6.45, 7) is 1.95. The summed E-state index contributed by atoms with van der Waals surface area (Å²) in [7, 11) is 0. The zero-order valence-electron chi connectivity index (χ0n) is 8.97. The highest BCUT2D eigenvalue weighted by Gasteiger charge is 2.02. The van der Waals surface area contributed by atoms with Crippen LogP contribution in [-0.2, 0) is 0 Å². The molecule has 1 aromatic carbocycles. The summed E-state index contributed by atoms with van der Waals surface area (Å²) < 4.78 is 0. The largest absolute Gasteiger partial charge is 0.366 e. The first-order valence-electron chi connectivity index (χ1n) is 5.01. The summed E-state index contributed by atoms with van der Waals surface area (Å²) in [5, 5.41) is 0. The van der Waals surface area contributed by atoms with Gasteiger partial charge in [-0.3, -0.25) is 9.78 Å². The molecular weight excluding hydrogens is 200 g/mol. The molecule has 0 unspecified atom stereocenters. The Labute approximate surface area is 93.9 Å². The van der Waals surface area contributed by atoms with E-state index in [0.29, 0.717) is 5.56 Å². The number of pyridine rings is 1. The lowest BCUT2D eigenvalue weighted by atomic mass is 10.1. The van der Waals surface area contributed by atoms with E-state index >= 15 is 0 Å². The van der Waals surface area contributed by atoms with E-state index in [1.807, 2.05) is 37.3 Å². The van der Waals surface area contributed by atoms with Crippen molar-refractivity contribution < 1.29 is 4.79 Å². The Hall–Kier alpha value is -2.16. The van der Waals surface area contributed by atoms with Crippen LogP contribution in [0.5, 0.6) is 0 Å². The fraction of sp³-hybridized carbons (Fsp3) is 0.0769. The van der Waals surface area contributed by atoms with Crippen LogP contribution in [0.25, 0.3) is 11.3 Å². The first-order chi connectivity index (χ1) is 7.66. The quantitative estimate of drug-likeness (QED) is 0.829. The van der Waals surface area contributed by atoms with E-state index in [1.165, 1.54) is 0 Å². The molecule has 3 nitrogen and oxygen atoms in total. The summed E-state index contributed by atoms with van der Waals surface area (Å²) in [5.74, 6) is -0.413. The molecule has 2 N–H and O–H groups in total. The molecule has 2 aromatic rings. The molecule has 0 radical (unpaired) electrons. The number of rotatable bonds is 2. The van der Waals surface area contributed by atoms with Gasteiger partial charge in [0, 0.05) is 16.8 Å². The van der Waals surface area contributed by atoms with Crippen molar-refractivity contribution in [3.8, 4) is 11.3 Å². The van der Waals surface area contributed by atoms with Crippen LogP contribution in [-0.4, -0.2) is 10.9 Å². The lowest BCUT2D eigenvalue weighted by Gasteiger charge is -2.02. The normalized spacial score (nSPS) is 10.1. The van der Waals surface area contributed by atoms with Gasteiger partial charge in [-0.05, 0) is 31.2 Å². The molecule has 16 heavy (non-hydrogen) atoms. The Kier molecular flexibility index (Phi) is 2.68. The van der Waals surface area contributed by atoms with E-state index in [0.717, 1.165) is 17.0 Å². The fourth-order valence-electron chi connectivity index (χ4n) is 1.51. The average Bonchev–Trinajstić information content (AvgIpc) is 2.29. The van der Waals surface area contributed by atoms with Gasteiger partial charge >= 0.3 is 0 Å². The molecule has 3 heteroatoms. The number of hydrogen-bond acceptors (Lipinski definition) is 2. The average molecular weight is 212 g/mol. The Balaban J connectivity index is 2.38. The molecule has 1 amide bonds. The molecular formula is C13H12N2O. The predicted molar refractivity (Wildman–Crippen MR) is 62.9 cm³/mol. The highest BCUT2D eigenvalue weighted by Crippen LogP contribution is 2.17. The highest BCUT2D eigenvalue weighted by molar-refractivity contribution is 5.93. The molecule has 1 aromatic heterocycles. The number of primary amides is 1. The van der Waals surface area contributed by atoms with Crippen LogP contribution in [0.2, 0.25) is 0 Å². The second-order valence-electron chi connectivity index (χ2n) is 3.61. The minimum Gasteiger partial charge on any atom is -0.366 e. The molecule has 1 heterocycles. The lowest BCUT2D eigenvalue weighted by molar-refractivity contribution is 0.100. The predicted octanol–water partition coefficient (Wildman–Crippen LogP) is 2.16. The Bertz CT molecular complexity index is 518. The van der Waals surface area contributed by atoms with E-state index in [-0.39, 0.29) is 0 Å². The van der Waals surface area contributed by atoms with Crippen molar-refractivity contribution in [3.63, 3.8) is 0 Å². The topological polar surface area (TPSA) is 56.0 Å². The summed E-state index contributed by atoms with van der Waals surface area (Å²) in [6, 6.07) is 13.0. The van der Waals surface area contributed by atoms with Gasteiger partial charge in [-0.15, -0.1) is 0 Å². The van der Waals surface area contributed by atoms with Crippen molar-refractivity contribution in [2.24, 2.45) is 5.73 Å². The second-order valence-corrected chi connectivity index (χ2v) is 3.61. The molecule has 0 aliphatic heterocycles. The molecule has 0 atom stereocenters. The van der Waals surface area contributed by atoms with Crippen LogP contribution < -0.4 is 5.73 Å². The lowest BCUT2D eigenvalue weighted by Crippen LogP contribution is -2.10. The number of carbonyl (C=O) groups is 1. The molecule has 80 valence electrons. The van der Waals surface area contributed by atoms with Crippen molar-refractivity contribution in [2.75, 3.05) is 0 Å². The van der Waals surface area contributed by atoms with Gasteiger partial charge in [-0.25, -0.2) is 0 Å². The number of nitrogens with zero attached hydrogens (tertiary/aromatic N) is 1. The van der Waals surface area contributed by atoms with Gasteiger partial charge in [0.2, 0.25) is 5.91 Å².